The van der Waals surface area contributed by atoms with Crippen molar-refractivity contribution in [2.45, 2.75) is 49.3 Å². The molecule has 2 aliphatic heterocycles. The lowest BCUT2D eigenvalue weighted by atomic mass is 10.0. The molecule has 4 nitrogen and oxygen atoms in total. The number of benzene rings is 1. The molecule has 0 radical (unpaired) electrons. The van der Waals surface area contributed by atoms with E-state index in [1.54, 1.807) is 11.8 Å². The predicted octanol–water partition coefficient (Wildman–Crippen LogP) is 3.42. The lowest BCUT2D eigenvalue weighted by Gasteiger charge is -2.27. The van der Waals surface area contributed by atoms with E-state index in [1.807, 2.05) is 11.7 Å². The number of rotatable bonds is 2. The molecular formula is C19H23N3OS. The van der Waals surface area contributed by atoms with Crippen molar-refractivity contribution in [1.82, 2.24) is 14.7 Å². The minimum atomic E-state index is 0.0280. The van der Waals surface area contributed by atoms with E-state index in [9.17, 15) is 4.79 Å². The van der Waals surface area contributed by atoms with Crippen LogP contribution in [0.1, 0.15) is 41.4 Å². The van der Waals surface area contributed by atoms with Gasteiger partial charge in [-0.2, -0.15) is 5.10 Å². The Balaban J connectivity index is 1.59. The summed E-state index contributed by atoms with van der Waals surface area (Å²) in [5, 5.41) is 4.58. The quantitative estimate of drug-likeness (QED) is 0.840. The molecule has 3 heterocycles. The molecule has 5 heteroatoms. The molecule has 0 spiro atoms. The molecule has 2 atom stereocenters. The van der Waals surface area contributed by atoms with Gasteiger partial charge in [0.15, 0.2) is 0 Å². The Kier molecular flexibility index (Phi) is 3.91. The zero-order valence-electron chi connectivity index (χ0n) is 14.5. The van der Waals surface area contributed by atoms with Gasteiger partial charge < -0.3 is 4.90 Å². The highest BCUT2D eigenvalue weighted by Gasteiger charge is 2.38. The third kappa shape index (κ3) is 2.46. The summed E-state index contributed by atoms with van der Waals surface area (Å²) in [6.07, 6.45) is 2.98. The first-order chi connectivity index (χ1) is 11.6. The van der Waals surface area contributed by atoms with Gasteiger partial charge in [0.2, 0.25) is 5.91 Å². The van der Waals surface area contributed by atoms with Gasteiger partial charge in [0, 0.05) is 29.7 Å². The second kappa shape index (κ2) is 5.96. The Morgan fingerprint density at radius 1 is 1.29 bits per heavy atom. The Bertz CT molecular complexity index is 773. The van der Waals surface area contributed by atoms with Crippen molar-refractivity contribution in [2.24, 2.45) is 7.05 Å². The smallest absolute Gasteiger partial charge is 0.236 e. The molecular weight excluding hydrogens is 318 g/mol. The lowest BCUT2D eigenvalue weighted by molar-refractivity contribution is -0.131. The van der Waals surface area contributed by atoms with Crippen LogP contribution >= 0.6 is 11.8 Å². The van der Waals surface area contributed by atoms with Crippen molar-refractivity contribution in [3.8, 4) is 0 Å². The number of hydrogen-bond acceptors (Lipinski definition) is 3. The van der Waals surface area contributed by atoms with E-state index in [4.69, 9.17) is 0 Å². The molecule has 1 fully saturated rings. The van der Waals surface area contributed by atoms with Crippen LogP contribution < -0.4 is 0 Å². The van der Waals surface area contributed by atoms with E-state index in [0.717, 1.165) is 31.5 Å². The number of thioether (sulfide) groups is 1. The van der Waals surface area contributed by atoms with Crippen LogP contribution in [-0.2, 0) is 18.3 Å². The van der Waals surface area contributed by atoms with Crippen molar-refractivity contribution >= 4 is 17.7 Å². The van der Waals surface area contributed by atoms with E-state index in [-0.39, 0.29) is 11.3 Å². The number of nitrogens with zero attached hydrogens (tertiary/aromatic N) is 3. The minimum absolute atomic E-state index is 0.0280. The fourth-order valence-corrected chi connectivity index (χ4v) is 5.37. The van der Waals surface area contributed by atoms with Gasteiger partial charge in [-0.1, -0.05) is 18.2 Å². The van der Waals surface area contributed by atoms with Crippen LogP contribution in [0.2, 0.25) is 0 Å². The van der Waals surface area contributed by atoms with Crippen molar-refractivity contribution in [1.29, 1.82) is 0 Å². The Morgan fingerprint density at radius 3 is 2.79 bits per heavy atom. The monoisotopic (exact) mass is 341 g/mol. The van der Waals surface area contributed by atoms with Crippen LogP contribution in [0.5, 0.6) is 0 Å². The number of likely N-dealkylation sites (tertiary alicyclic amines) is 1. The molecule has 1 aromatic heterocycles. The lowest BCUT2D eigenvalue weighted by Crippen LogP contribution is -2.37. The average molecular weight is 341 g/mol. The fourth-order valence-electron chi connectivity index (χ4n) is 4.11. The van der Waals surface area contributed by atoms with Gasteiger partial charge in [0.25, 0.3) is 0 Å². The van der Waals surface area contributed by atoms with Crippen LogP contribution in [0.15, 0.2) is 29.2 Å². The number of aryl methyl sites for hydroxylation is 2. The van der Waals surface area contributed by atoms with E-state index >= 15 is 0 Å². The SMILES string of the molecule is Cc1nn(C)c(C)c1[C@H]1CCCN1C(=O)[C@H]1Cc2ccccc2S1. The first-order valence-electron chi connectivity index (χ1n) is 8.61. The van der Waals surface area contributed by atoms with Crippen molar-refractivity contribution in [3.63, 3.8) is 0 Å². The maximum Gasteiger partial charge on any atom is 0.236 e. The summed E-state index contributed by atoms with van der Waals surface area (Å²) >= 11 is 1.73. The topological polar surface area (TPSA) is 38.1 Å². The number of fused-ring (bicyclic) bond motifs is 1. The van der Waals surface area contributed by atoms with Gasteiger partial charge in [-0.15, -0.1) is 11.8 Å². The number of carbonyl (C=O) groups excluding carboxylic acids is 1. The van der Waals surface area contributed by atoms with Gasteiger partial charge in [0.1, 0.15) is 0 Å². The van der Waals surface area contributed by atoms with Crippen LogP contribution in [0.3, 0.4) is 0 Å². The van der Waals surface area contributed by atoms with Gasteiger partial charge in [0.05, 0.1) is 17.0 Å². The summed E-state index contributed by atoms with van der Waals surface area (Å²) in [6, 6.07) is 8.58. The number of amides is 1. The maximum atomic E-state index is 13.2. The van der Waals surface area contributed by atoms with Gasteiger partial charge in [-0.05, 0) is 44.7 Å². The number of aromatic nitrogens is 2. The first-order valence-corrected chi connectivity index (χ1v) is 9.49. The zero-order valence-corrected chi connectivity index (χ0v) is 15.3. The largest absolute Gasteiger partial charge is 0.335 e. The van der Waals surface area contributed by atoms with E-state index in [0.29, 0.717) is 5.91 Å². The molecule has 24 heavy (non-hydrogen) atoms. The van der Waals surface area contributed by atoms with Crippen LogP contribution in [-0.4, -0.2) is 32.4 Å². The first kappa shape index (κ1) is 15.8. The molecule has 0 N–H and O–H groups in total. The van der Waals surface area contributed by atoms with Gasteiger partial charge in [-0.3, -0.25) is 9.48 Å². The summed E-state index contributed by atoms with van der Waals surface area (Å²) in [5.41, 5.74) is 4.80. The van der Waals surface area contributed by atoms with Crippen molar-refractivity contribution in [3.05, 3.63) is 46.8 Å². The van der Waals surface area contributed by atoms with Crippen molar-refractivity contribution in [2.75, 3.05) is 6.54 Å². The molecule has 1 saturated heterocycles. The van der Waals surface area contributed by atoms with Crippen molar-refractivity contribution < 1.29 is 4.79 Å². The second-order valence-corrected chi connectivity index (χ2v) is 8.06. The Labute approximate surface area is 147 Å². The Hall–Kier alpha value is -1.75. The molecule has 0 aliphatic carbocycles. The number of hydrogen-bond donors (Lipinski definition) is 0. The zero-order chi connectivity index (χ0) is 16.8. The molecule has 2 aromatic rings. The summed E-state index contributed by atoms with van der Waals surface area (Å²) < 4.78 is 1.94. The molecule has 1 amide bonds. The molecule has 2 aliphatic rings. The third-order valence-electron chi connectivity index (χ3n) is 5.36. The van der Waals surface area contributed by atoms with E-state index in [1.165, 1.54) is 21.7 Å². The standard InChI is InChI=1S/C19H23N3OS/c1-12-18(13(2)21(3)20-12)15-8-6-10-22(15)19(23)17-11-14-7-4-5-9-16(14)24-17/h4-5,7,9,15,17H,6,8,10-11H2,1-3H3/t15-,17-/m1/s1. The highest BCUT2D eigenvalue weighted by molar-refractivity contribution is 8.01. The van der Waals surface area contributed by atoms with Crippen LogP contribution in [0, 0.1) is 13.8 Å². The normalized spacial score (nSPS) is 22.9. The van der Waals surface area contributed by atoms with Gasteiger partial charge >= 0.3 is 0 Å². The maximum absolute atomic E-state index is 13.2. The predicted molar refractivity (Wildman–Crippen MR) is 96.2 cm³/mol. The minimum Gasteiger partial charge on any atom is -0.335 e. The summed E-state index contributed by atoms with van der Waals surface area (Å²) in [5.74, 6) is 0.293. The summed E-state index contributed by atoms with van der Waals surface area (Å²) in [4.78, 5) is 16.6. The summed E-state index contributed by atoms with van der Waals surface area (Å²) in [6.45, 7) is 5.03. The molecule has 0 unspecified atom stereocenters. The van der Waals surface area contributed by atoms with Crippen LogP contribution in [0.4, 0.5) is 0 Å². The molecule has 1 aromatic carbocycles. The fraction of sp³-hybridized carbons (Fsp3) is 0.474. The van der Waals surface area contributed by atoms with E-state index in [2.05, 4.69) is 48.1 Å². The summed E-state index contributed by atoms with van der Waals surface area (Å²) in [7, 11) is 1.98. The second-order valence-electron chi connectivity index (χ2n) is 6.82. The van der Waals surface area contributed by atoms with Crippen LogP contribution in [0.25, 0.3) is 0 Å². The molecule has 0 saturated carbocycles. The Morgan fingerprint density at radius 2 is 2.08 bits per heavy atom. The highest BCUT2D eigenvalue weighted by atomic mass is 32.2. The third-order valence-corrected chi connectivity index (χ3v) is 6.66. The molecule has 126 valence electrons. The van der Waals surface area contributed by atoms with E-state index < -0.39 is 0 Å². The molecule has 0 bridgehead atoms. The van der Waals surface area contributed by atoms with Gasteiger partial charge in [-0.25, -0.2) is 0 Å². The average Bonchev–Trinajstić information content (AvgIpc) is 3.25. The number of carbonyl (C=O) groups is 1. The highest BCUT2D eigenvalue weighted by Crippen LogP contribution is 2.41. The molecule has 4 rings (SSSR count).